The lowest BCUT2D eigenvalue weighted by Crippen LogP contribution is -2.15. The zero-order valence-electron chi connectivity index (χ0n) is 11.4. The Kier molecular flexibility index (Phi) is 19.5. The molecule has 0 radical (unpaired) electrons. The van der Waals surface area contributed by atoms with Crippen molar-refractivity contribution in [1.82, 2.24) is 0 Å². The van der Waals surface area contributed by atoms with E-state index >= 15 is 0 Å². The lowest BCUT2D eigenvalue weighted by atomic mass is 10.4. The third-order valence-corrected chi connectivity index (χ3v) is 1.59. The first kappa shape index (κ1) is 18.7. The maximum atomic E-state index is 10.3. The number of nitrogens with two attached hydrogens (primary N) is 1. The summed E-state index contributed by atoms with van der Waals surface area (Å²) in [5.41, 5.74) is 4.93. The monoisotopic (exact) mass is 251 g/mol. The molecule has 0 fully saturated rings. The van der Waals surface area contributed by atoms with Gasteiger partial charge in [0, 0.05) is 14.5 Å². The highest BCUT2D eigenvalue weighted by atomic mass is 16.5. The Morgan fingerprint density at radius 1 is 0.941 bits per heavy atom. The fourth-order valence-corrected chi connectivity index (χ4v) is 0.859. The van der Waals surface area contributed by atoms with Crippen LogP contribution in [0.1, 0.15) is 35.0 Å². The first-order valence-corrected chi connectivity index (χ1v) is 6.29. The zero-order chi connectivity index (χ0) is 13.4. The number of hydrogen-bond acceptors (Lipinski definition) is 4. The fraction of sp³-hybridized carbons (Fsp3) is 0.917. The molecule has 0 aromatic carbocycles. The molecular weight excluding hydrogens is 222 g/mol. The van der Waals surface area contributed by atoms with Crippen molar-refractivity contribution in [2.45, 2.75) is 33.6 Å². The number of primary amides is 1. The molecule has 0 aliphatic heterocycles. The summed E-state index contributed by atoms with van der Waals surface area (Å²) in [5.74, 6) is -0.344. The van der Waals surface area contributed by atoms with Gasteiger partial charge in [-0.25, -0.2) is 0 Å². The number of amides is 1. The van der Waals surface area contributed by atoms with Gasteiger partial charge in [0.1, 0.15) is 0 Å². The van der Waals surface area contributed by atoms with E-state index in [1.54, 1.807) is 0 Å². The van der Waals surface area contributed by atoms with Crippen LogP contribution in [0, 0.1) is 0 Å². The SMILES string of the molecule is CC.CCCOCCOCCOCCC(N)=O.[HH]. The second-order valence-electron chi connectivity index (χ2n) is 3.05. The van der Waals surface area contributed by atoms with Crippen molar-refractivity contribution in [3.05, 3.63) is 0 Å². The predicted octanol–water partition coefficient (Wildman–Crippen LogP) is 1.59. The van der Waals surface area contributed by atoms with E-state index in [0.29, 0.717) is 33.0 Å². The molecule has 2 N–H and O–H groups in total. The third kappa shape index (κ3) is 21.2. The molecule has 0 aliphatic carbocycles. The van der Waals surface area contributed by atoms with Gasteiger partial charge in [0.2, 0.25) is 5.91 Å². The molecule has 5 heteroatoms. The van der Waals surface area contributed by atoms with E-state index in [2.05, 4.69) is 6.92 Å². The van der Waals surface area contributed by atoms with Crippen molar-refractivity contribution in [2.24, 2.45) is 5.73 Å². The highest BCUT2D eigenvalue weighted by Gasteiger charge is 1.94. The van der Waals surface area contributed by atoms with Crippen LogP contribution in [0.3, 0.4) is 0 Å². The normalized spacial score (nSPS) is 9.59. The van der Waals surface area contributed by atoms with Crippen LogP contribution < -0.4 is 5.73 Å². The summed E-state index contributed by atoms with van der Waals surface area (Å²) >= 11 is 0. The molecule has 106 valence electrons. The summed E-state index contributed by atoms with van der Waals surface area (Å²) in [6, 6.07) is 0. The largest absolute Gasteiger partial charge is 0.379 e. The molecule has 0 aromatic heterocycles. The quantitative estimate of drug-likeness (QED) is 0.566. The summed E-state index contributed by atoms with van der Waals surface area (Å²) in [6.07, 6.45) is 1.29. The van der Waals surface area contributed by atoms with Gasteiger partial charge in [0.05, 0.1) is 33.0 Å². The van der Waals surface area contributed by atoms with Crippen molar-refractivity contribution < 1.29 is 20.4 Å². The van der Waals surface area contributed by atoms with E-state index < -0.39 is 0 Å². The van der Waals surface area contributed by atoms with Crippen LogP contribution in [-0.2, 0) is 19.0 Å². The molecule has 0 spiro atoms. The highest BCUT2D eigenvalue weighted by molar-refractivity contribution is 5.73. The summed E-state index contributed by atoms with van der Waals surface area (Å²) in [4.78, 5) is 10.3. The van der Waals surface area contributed by atoms with E-state index in [-0.39, 0.29) is 13.8 Å². The van der Waals surface area contributed by atoms with E-state index in [1.165, 1.54) is 0 Å². The van der Waals surface area contributed by atoms with Gasteiger partial charge in [-0.1, -0.05) is 20.8 Å². The summed E-state index contributed by atoms with van der Waals surface area (Å²) in [5, 5.41) is 0. The molecule has 0 saturated heterocycles. The van der Waals surface area contributed by atoms with Crippen LogP contribution in [0.25, 0.3) is 0 Å². The van der Waals surface area contributed by atoms with E-state index in [1.807, 2.05) is 13.8 Å². The minimum atomic E-state index is -0.344. The van der Waals surface area contributed by atoms with Crippen LogP contribution in [0.15, 0.2) is 0 Å². The Morgan fingerprint density at radius 3 is 1.76 bits per heavy atom. The summed E-state index contributed by atoms with van der Waals surface area (Å²) in [6.45, 7) is 9.42. The van der Waals surface area contributed by atoms with Gasteiger partial charge >= 0.3 is 0 Å². The molecule has 0 bridgehead atoms. The second kappa shape index (κ2) is 17.7. The predicted molar refractivity (Wildman–Crippen MR) is 70.0 cm³/mol. The van der Waals surface area contributed by atoms with E-state index in [0.717, 1.165) is 13.0 Å². The summed E-state index contributed by atoms with van der Waals surface area (Å²) in [7, 11) is 0. The molecule has 0 heterocycles. The number of hydrogen-bond donors (Lipinski definition) is 1. The van der Waals surface area contributed by atoms with Crippen LogP contribution in [0.5, 0.6) is 0 Å². The standard InChI is InChI=1S/C10H21NO4.C2H6.H2/c1-2-4-13-6-8-15-9-7-14-5-3-10(11)12;1-2;/h2-9H2,1H3,(H2,11,12);1-2H3;1H. The van der Waals surface area contributed by atoms with Crippen LogP contribution in [0.2, 0.25) is 0 Å². The van der Waals surface area contributed by atoms with Crippen molar-refractivity contribution >= 4 is 5.91 Å². The second-order valence-corrected chi connectivity index (χ2v) is 3.05. The minimum Gasteiger partial charge on any atom is -0.379 e. The Morgan fingerprint density at radius 2 is 1.35 bits per heavy atom. The average Bonchev–Trinajstić information content (AvgIpc) is 2.34. The fourth-order valence-electron chi connectivity index (χ4n) is 0.859. The van der Waals surface area contributed by atoms with Gasteiger partial charge in [-0.3, -0.25) is 4.79 Å². The first-order chi connectivity index (χ1) is 8.27. The van der Waals surface area contributed by atoms with Gasteiger partial charge in [-0.2, -0.15) is 0 Å². The number of rotatable bonds is 11. The molecule has 0 atom stereocenters. The Balaban J connectivity index is -0.000000709. The first-order valence-electron chi connectivity index (χ1n) is 6.29. The summed E-state index contributed by atoms with van der Waals surface area (Å²) < 4.78 is 15.5. The molecular formula is C12H29NO4. The highest BCUT2D eigenvalue weighted by Crippen LogP contribution is 1.84. The van der Waals surface area contributed by atoms with Gasteiger partial charge in [-0.05, 0) is 6.42 Å². The number of carbonyl (C=O) groups excluding carboxylic acids is 1. The average molecular weight is 251 g/mol. The van der Waals surface area contributed by atoms with Crippen molar-refractivity contribution in [3.63, 3.8) is 0 Å². The molecule has 17 heavy (non-hydrogen) atoms. The van der Waals surface area contributed by atoms with Crippen LogP contribution in [-0.4, -0.2) is 45.5 Å². The van der Waals surface area contributed by atoms with Crippen molar-refractivity contribution in [3.8, 4) is 0 Å². The Bertz CT molecular complexity index is 159. The van der Waals surface area contributed by atoms with Gasteiger partial charge in [0.15, 0.2) is 0 Å². The van der Waals surface area contributed by atoms with Crippen molar-refractivity contribution in [2.75, 3.05) is 39.6 Å². The molecule has 0 unspecified atom stereocenters. The molecule has 0 saturated carbocycles. The minimum absolute atomic E-state index is 0. The molecule has 0 aromatic rings. The Labute approximate surface area is 106 Å². The molecule has 5 nitrogen and oxygen atoms in total. The maximum absolute atomic E-state index is 10.3. The van der Waals surface area contributed by atoms with E-state index in [4.69, 9.17) is 19.9 Å². The Hall–Kier alpha value is -0.650. The lowest BCUT2D eigenvalue weighted by molar-refractivity contribution is -0.119. The molecule has 1 amide bonds. The molecule has 0 rings (SSSR count). The zero-order valence-corrected chi connectivity index (χ0v) is 11.4. The van der Waals surface area contributed by atoms with Crippen LogP contribution >= 0.6 is 0 Å². The lowest BCUT2D eigenvalue weighted by Gasteiger charge is -2.05. The van der Waals surface area contributed by atoms with Gasteiger partial charge in [0.25, 0.3) is 0 Å². The maximum Gasteiger partial charge on any atom is 0.219 e. The topological polar surface area (TPSA) is 70.8 Å². The smallest absolute Gasteiger partial charge is 0.219 e. The van der Waals surface area contributed by atoms with Gasteiger partial charge in [-0.15, -0.1) is 0 Å². The van der Waals surface area contributed by atoms with Gasteiger partial charge < -0.3 is 19.9 Å². The number of ether oxygens (including phenoxy) is 3. The third-order valence-electron chi connectivity index (χ3n) is 1.59. The number of carbonyl (C=O) groups is 1. The molecule has 0 aliphatic rings. The van der Waals surface area contributed by atoms with Crippen molar-refractivity contribution in [1.29, 1.82) is 0 Å². The van der Waals surface area contributed by atoms with E-state index in [9.17, 15) is 4.79 Å². The van der Waals surface area contributed by atoms with Crippen LogP contribution in [0.4, 0.5) is 0 Å².